The molecule has 3 heterocycles. The highest BCUT2D eigenvalue weighted by Crippen LogP contribution is 2.42. The Morgan fingerprint density at radius 3 is 2.72 bits per heavy atom. The molecule has 150 valence electrons. The van der Waals surface area contributed by atoms with E-state index in [9.17, 15) is 4.79 Å². The van der Waals surface area contributed by atoms with Crippen molar-refractivity contribution in [1.82, 2.24) is 20.1 Å². The van der Waals surface area contributed by atoms with E-state index in [0.717, 1.165) is 34.6 Å². The third-order valence-corrected chi connectivity index (χ3v) is 5.05. The van der Waals surface area contributed by atoms with Crippen LogP contribution in [-0.2, 0) is 4.74 Å². The lowest BCUT2D eigenvalue weighted by molar-refractivity contribution is 0.0723. The highest BCUT2D eigenvalue weighted by molar-refractivity contribution is 6.00. The number of ether oxygens (including phenoxy) is 2. The van der Waals surface area contributed by atoms with Gasteiger partial charge in [-0.15, -0.1) is 0 Å². The van der Waals surface area contributed by atoms with E-state index >= 15 is 0 Å². The van der Waals surface area contributed by atoms with Gasteiger partial charge in [-0.1, -0.05) is 6.07 Å². The summed E-state index contributed by atoms with van der Waals surface area (Å²) in [6.45, 7) is 3.76. The Kier molecular flexibility index (Phi) is 5.57. The van der Waals surface area contributed by atoms with Crippen LogP contribution < -0.4 is 4.74 Å². The van der Waals surface area contributed by atoms with Gasteiger partial charge in [-0.2, -0.15) is 5.10 Å². The first-order valence-corrected chi connectivity index (χ1v) is 9.76. The molecule has 29 heavy (non-hydrogen) atoms. The van der Waals surface area contributed by atoms with Gasteiger partial charge < -0.3 is 14.4 Å². The Balaban J connectivity index is 1.75. The van der Waals surface area contributed by atoms with Gasteiger partial charge in [0, 0.05) is 43.8 Å². The maximum absolute atomic E-state index is 13.1. The average molecular weight is 392 g/mol. The average Bonchev–Trinajstić information content (AvgIpc) is 3.29. The highest BCUT2D eigenvalue weighted by Gasteiger charge is 2.41. The van der Waals surface area contributed by atoms with Crippen molar-refractivity contribution in [2.24, 2.45) is 0 Å². The van der Waals surface area contributed by atoms with Gasteiger partial charge in [0.25, 0.3) is 5.91 Å². The molecular formula is C22H24N4O3. The van der Waals surface area contributed by atoms with Crippen LogP contribution in [0.5, 0.6) is 5.75 Å². The van der Waals surface area contributed by atoms with Crippen molar-refractivity contribution in [3.8, 4) is 17.0 Å². The smallest absolute Gasteiger partial charge is 0.273 e. The van der Waals surface area contributed by atoms with Crippen LogP contribution in [0.15, 0.2) is 48.8 Å². The number of fused-ring (bicyclic) bond motifs is 1. The highest BCUT2D eigenvalue weighted by atomic mass is 16.5. The van der Waals surface area contributed by atoms with Crippen LogP contribution in [0.2, 0.25) is 0 Å². The molecule has 1 aliphatic heterocycles. The summed E-state index contributed by atoms with van der Waals surface area (Å²) in [4.78, 5) is 19.3. The van der Waals surface area contributed by atoms with Crippen molar-refractivity contribution in [2.45, 2.75) is 19.4 Å². The van der Waals surface area contributed by atoms with Crippen molar-refractivity contribution in [2.75, 3.05) is 26.9 Å². The Morgan fingerprint density at radius 2 is 2.03 bits per heavy atom. The quantitative estimate of drug-likeness (QED) is 0.594. The fraction of sp³-hybridized carbons (Fsp3) is 0.318. The van der Waals surface area contributed by atoms with Crippen molar-refractivity contribution in [3.63, 3.8) is 0 Å². The number of carbonyl (C=O) groups is 1. The molecule has 1 aliphatic rings. The molecule has 3 aromatic rings. The van der Waals surface area contributed by atoms with Crippen LogP contribution in [-0.4, -0.2) is 52.9 Å². The minimum Gasteiger partial charge on any atom is -0.494 e. The van der Waals surface area contributed by atoms with Gasteiger partial charge in [0.05, 0.1) is 18.3 Å². The summed E-state index contributed by atoms with van der Waals surface area (Å²) in [6, 6.07) is 11.4. The lowest BCUT2D eigenvalue weighted by Crippen LogP contribution is -2.31. The monoisotopic (exact) mass is 392 g/mol. The van der Waals surface area contributed by atoms with Gasteiger partial charge in [-0.05, 0) is 49.2 Å². The van der Waals surface area contributed by atoms with Crippen LogP contribution in [0.25, 0.3) is 11.3 Å². The molecule has 2 aromatic heterocycles. The van der Waals surface area contributed by atoms with Gasteiger partial charge in [-0.25, -0.2) is 0 Å². The van der Waals surface area contributed by atoms with Gasteiger partial charge in [0.15, 0.2) is 0 Å². The zero-order chi connectivity index (χ0) is 20.2. The predicted molar refractivity (Wildman–Crippen MR) is 109 cm³/mol. The van der Waals surface area contributed by atoms with Crippen LogP contribution in [0.4, 0.5) is 0 Å². The van der Waals surface area contributed by atoms with E-state index in [4.69, 9.17) is 9.47 Å². The molecular weight excluding hydrogens is 368 g/mol. The standard InChI is InChI=1S/C22H24N4O3/c1-3-29-17-9-7-15(8-10-17)19-18-20(25-24-19)22(27)26(12-5-13-28-2)21(18)16-6-4-11-23-14-16/h4,6-11,14,21H,3,5,12-13H2,1-2H3,(H,24,25). The van der Waals surface area contributed by atoms with E-state index in [1.54, 1.807) is 13.3 Å². The number of nitrogens with zero attached hydrogens (tertiary/aromatic N) is 3. The molecule has 1 amide bonds. The summed E-state index contributed by atoms with van der Waals surface area (Å²) in [5, 5.41) is 7.45. The first kappa shape index (κ1) is 19.1. The van der Waals surface area contributed by atoms with E-state index < -0.39 is 0 Å². The summed E-state index contributed by atoms with van der Waals surface area (Å²) in [5.74, 6) is 0.763. The molecule has 0 saturated carbocycles. The summed E-state index contributed by atoms with van der Waals surface area (Å²) in [5.41, 5.74) is 4.11. The van der Waals surface area contributed by atoms with Crippen molar-refractivity contribution >= 4 is 5.91 Å². The Hall–Kier alpha value is -3.19. The topological polar surface area (TPSA) is 80.3 Å². The molecule has 0 bridgehead atoms. The minimum absolute atomic E-state index is 0.0466. The number of aromatic amines is 1. The third-order valence-electron chi connectivity index (χ3n) is 5.05. The summed E-state index contributed by atoms with van der Waals surface area (Å²) < 4.78 is 10.7. The zero-order valence-electron chi connectivity index (χ0n) is 16.6. The van der Waals surface area contributed by atoms with Crippen molar-refractivity contribution in [1.29, 1.82) is 0 Å². The number of hydrogen-bond donors (Lipinski definition) is 1. The van der Waals surface area contributed by atoms with Gasteiger partial charge >= 0.3 is 0 Å². The predicted octanol–water partition coefficient (Wildman–Crippen LogP) is 3.45. The molecule has 1 atom stereocenters. The first-order valence-electron chi connectivity index (χ1n) is 9.76. The number of hydrogen-bond acceptors (Lipinski definition) is 5. The van der Waals surface area contributed by atoms with Gasteiger partial charge in [0.1, 0.15) is 11.4 Å². The molecule has 0 saturated heterocycles. The number of rotatable bonds is 8. The number of methoxy groups -OCH3 is 1. The van der Waals surface area contributed by atoms with E-state index in [-0.39, 0.29) is 11.9 Å². The first-order chi connectivity index (χ1) is 14.2. The maximum Gasteiger partial charge on any atom is 0.273 e. The molecule has 0 aliphatic carbocycles. The number of carbonyl (C=O) groups excluding carboxylic acids is 1. The summed E-state index contributed by atoms with van der Waals surface area (Å²) in [7, 11) is 1.67. The number of amides is 1. The van der Waals surface area contributed by atoms with Gasteiger partial charge in [0.2, 0.25) is 0 Å². The second kappa shape index (κ2) is 8.45. The SMILES string of the molecule is CCOc1ccc(-c2n[nH]c3c2C(c2cccnc2)N(CCCOC)C3=O)cc1. The number of pyridine rings is 1. The van der Waals surface area contributed by atoms with E-state index in [1.165, 1.54) is 0 Å². The minimum atomic E-state index is -0.233. The van der Waals surface area contributed by atoms with Crippen LogP contribution in [0, 0.1) is 0 Å². The third kappa shape index (κ3) is 3.61. The number of nitrogens with one attached hydrogen (secondary N) is 1. The van der Waals surface area contributed by atoms with E-state index in [2.05, 4.69) is 15.2 Å². The molecule has 7 heteroatoms. The number of aromatic nitrogens is 3. The lowest BCUT2D eigenvalue weighted by Gasteiger charge is -2.26. The van der Waals surface area contributed by atoms with E-state index in [1.807, 2.05) is 54.4 Å². The molecule has 7 nitrogen and oxygen atoms in total. The van der Waals surface area contributed by atoms with Crippen molar-refractivity contribution in [3.05, 3.63) is 65.6 Å². The Bertz CT molecular complexity index is 969. The lowest BCUT2D eigenvalue weighted by atomic mass is 9.97. The summed E-state index contributed by atoms with van der Waals surface area (Å²) >= 11 is 0. The van der Waals surface area contributed by atoms with Crippen molar-refractivity contribution < 1.29 is 14.3 Å². The molecule has 1 aromatic carbocycles. The second-order valence-corrected chi connectivity index (χ2v) is 6.85. The van der Waals surface area contributed by atoms with Crippen LogP contribution >= 0.6 is 0 Å². The molecule has 0 radical (unpaired) electrons. The fourth-order valence-electron chi connectivity index (χ4n) is 3.79. The molecule has 1 unspecified atom stereocenters. The van der Waals surface area contributed by atoms with Gasteiger partial charge in [-0.3, -0.25) is 14.9 Å². The van der Waals surface area contributed by atoms with Crippen LogP contribution in [0.1, 0.15) is 41.0 Å². The summed E-state index contributed by atoms with van der Waals surface area (Å²) in [6.07, 6.45) is 4.31. The number of H-pyrrole nitrogens is 1. The molecule has 4 rings (SSSR count). The maximum atomic E-state index is 13.1. The Labute approximate surface area is 169 Å². The Morgan fingerprint density at radius 1 is 1.21 bits per heavy atom. The second-order valence-electron chi connectivity index (χ2n) is 6.85. The zero-order valence-corrected chi connectivity index (χ0v) is 16.6. The van der Waals surface area contributed by atoms with Crippen LogP contribution in [0.3, 0.4) is 0 Å². The molecule has 0 fully saturated rings. The largest absolute Gasteiger partial charge is 0.494 e. The molecule has 0 spiro atoms. The molecule has 1 N–H and O–H groups in total. The van der Waals surface area contributed by atoms with E-state index in [0.29, 0.717) is 25.5 Å². The fourth-order valence-corrected chi connectivity index (χ4v) is 3.79. The normalized spacial score (nSPS) is 15.6. The number of benzene rings is 1.